The Kier molecular flexibility index (Phi) is 4.91. The van der Waals surface area contributed by atoms with Crippen LogP contribution in [0.1, 0.15) is 20.8 Å². The number of amides is 1. The van der Waals surface area contributed by atoms with E-state index in [0.717, 1.165) is 4.57 Å². The maximum Gasteiger partial charge on any atom is 0.331 e. The summed E-state index contributed by atoms with van der Waals surface area (Å²) in [5.41, 5.74) is 4.34. The molecule has 7 nitrogen and oxygen atoms in total. The van der Waals surface area contributed by atoms with Crippen molar-refractivity contribution < 1.29 is 4.79 Å². The summed E-state index contributed by atoms with van der Waals surface area (Å²) in [6.07, 6.45) is 1.30. The number of aromatic nitrogens is 2. The number of anilines is 1. The van der Waals surface area contributed by atoms with Crippen molar-refractivity contribution in [2.24, 2.45) is 5.92 Å². The fourth-order valence-electron chi connectivity index (χ4n) is 1.56. The third-order valence-electron chi connectivity index (χ3n) is 2.61. The van der Waals surface area contributed by atoms with Crippen LogP contribution in [-0.2, 0) is 17.9 Å². The lowest BCUT2D eigenvalue weighted by molar-refractivity contribution is -0.121. The molecular weight excluding hydrogens is 248 g/mol. The van der Waals surface area contributed by atoms with E-state index in [1.54, 1.807) is 6.92 Å². The van der Waals surface area contributed by atoms with Crippen LogP contribution in [0, 0.1) is 5.92 Å². The van der Waals surface area contributed by atoms with Crippen molar-refractivity contribution >= 4 is 11.6 Å². The minimum atomic E-state index is -0.630. The molecule has 1 aromatic rings. The van der Waals surface area contributed by atoms with E-state index in [2.05, 4.69) is 5.32 Å². The Balaban J connectivity index is 3.01. The van der Waals surface area contributed by atoms with Crippen molar-refractivity contribution in [3.63, 3.8) is 0 Å². The fraction of sp³-hybridized carbons (Fsp3) is 0.583. The molecular formula is C12H20N4O3. The van der Waals surface area contributed by atoms with Crippen LogP contribution in [0.2, 0.25) is 0 Å². The lowest BCUT2D eigenvalue weighted by Crippen LogP contribution is -2.44. The highest BCUT2D eigenvalue weighted by atomic mass is 16.2. The first kappa shape index (κ1) is 15.0. The quantitative estimate of drug-likeness (QED) is 0.743. The Morgan fingerprint density at radius 3 is 2.58 bits per heavy atom. The molecule has 106 valence electrons. The van der Waals surface area contributed by atoms with Gasteiger partial charge in [-0.1, -0.05) is 13.8 Å². The third-order valence-corrected chi connectivity index (χ3v) is 2.61. The maximum absolute atomic E-state index is 11.9. The first-order chi connectivity index (χ1) is 8.86. The van der Waals surface area contributed by atoms with Crippen molar-refractivity contribution in [1.29, 1.82) is 0 Å². The number of aryl methyl sites for hydroxylation is 1. The SMILES string of the molecule is CCn1cc(N)c(=O)n(CC(=O)NCC(C)C)c1=O. The summed E-state index contributed by atoms with van der Waals surface area (Å²) in [5.74, 6) is -0.0741. The third kappa shape index (κ3) is 3.70. The van der Waals surface area contributed by atoms with Gasteiger partial charge in [-0.15, -0.1) is 0 Å². The van der Waals surface area contributed by atoms with E-state index in [1.165, 1.54) is 10.8 Å². The smallest absolute Gasteiger partial charge is 0.331 e. The summed E-state index contributed by atoms with van der Waals surface area (Å²) < 4.78 is 2.15. The van der Waals surface area contributed by atoms with Gasteiger partial charge >= 0.3 is 5.69 Å². The molecule has 0 aromatic carbocycles. The Labute approximate surface area is 111 Å². The van der Waals surface area contributed by atoms with E-state index in [1.807, 2.05) is 13.8 Å². The monoisotopic (exact) mass is 268 g/mol. The lowest BCUT2D eigenvalue weighted by Gasteiger charge is -2.11. The molecule has 1 rings (SSSR count). The van der Waals surface area contributed by atoms with Crippen molar-refractivity contribution in [3.05, 3.63) is 27.0 Å². The number of nitrogens with zero attached hydrogens (tertiary/aromatic N) is 2. The second kappa shape index (κ2) is 6.21. The zero-order valence-corrected chi connectivity index (χ0v) is 11.5. The van der Waals surface area contributed by atoms with Crippen LogP contribution in [-0.4, -0.2) is 21.6 Å². The van der Waals surface area contributed by atoms with Crippen LogP contribution >= 0.6 is 0 Å². The van der Waals surface area contributed by atoms with E-state index >= 15 is 0 Å². The minimum Gasteiger partial charge on any atom is -0.393 e. The van der Waals surface area contributed by atoms with Gasteiger partial charge in [-0.2, -0.15) is 0 Å². The van der Waals surface area contributed by atoms with Gasteiger partial charge in [0.05, 0.1) is 0 Å². The van der Waals surface area contributed by atoms with E-state index in [-0.39, 0.29) is 18.1 Å². The normalized spacial score (nSPS) is 10.7. The minimum absolute atomic E-state index is 0.0434. The molecule has 0 fully saturated rings. The molecule has 0 radical (unpaired) electrons. The Bertz CT molecular complexity index is 571. The molecule has 0 unspecified atom stereocenters. The number of hydrogen-bond donors (Lipinski definition) is 2. The molecule has 0 aliphatic carbocycles. The van der Waals surface area contributed by atoms with Gasteiger partial charge in [0.25, 0.3) is 5.56 Å². The molecule has 0 bridgehead atoms. The number of nitrogens with two attached hydrogens (primary N) is 1. The molecule has 19 heavy (non-hydrogen) atoms. The van der Waals surface area contributed by atoms with Crippen LogP contribution in [0.15, 0.2) is 15.8 Å². The van der Waals surface area contributed by atoms with Crippen LogP contribution in [0.3, 0.4) is 0 Å². The summed E-state index contributed by atoms with van der Waals surface area (Å²) >= 11 is 0. The highest BCUT2D eigenvalue weighted by Gasteiger charge is 2.12. The van der Waals surface area contributed by atoms with Crippen LogP contribution < -0.4 is 22.3 Å². The molecule has 0 spiro atoms. The van der Waals surface area contributed by atoms with Crippen molar-refractivity contribution in [2.45, 2.75) is 33.9 Å². The molecule has 1 aromatic heterocycles. The molecule has 3 N–H and O–H groups in total. The predicted molar refractivity (Wildman–Crippen MR) is 72.9 cm³/mol. The molecule has 0 saturated carbocycles. The van der Waals surface area contributed by atoms with Gasteiger partial charge in [-0.25, -0.2) is 9.36 Å². The number of hydrogen-bond acceptors (Lipinski definition) is 4. The second-order valence-corrected chi connectivity index (χ2v) is 4.74. The summed E-state index contributed by atoms with van der Waals surface area (Å²) in [7, 11) is 0. The number of nitrogens with one attached hydrogen (secondary N) is 1. The summed E-state index contributed by atoms with van der Waals surface area (Å²) in [4.78, 5) is 35.4. The molecule has 0 aliphatic rings. The zero-order valence-electron chi connectivity index (χ0n) is 11.5. The molecule has 0 saturated heterocycles. The molecule has 0 atom stereocenters. The largest absolute Gasteiger partial charge is 0.393 e. The summed E-state index contributed by atoms with van der Waals surface area (Å²) in [6, 6.07) is 0. The van der Waals surface area contributed by atoms with E-state index in [0.29, 0.717) is 19.0 Å². The lowest BCUT2D eigenvalue weighted by atomic mass is 10.2. The maximum atomic E-state index is 11.9. The van der Waals surface area contributed by atoms with Gasteiger partial charge in [0.2, 0.25) is 5.91 Å². The van der Waals surface area contributed by atoms with Gasteiger partial charge in [0.15, 0.2) is 0 Å². The molecule has 1 amide bonds. The summed E-state index contributed by atoms with van der Waals surface area (Å²) in [5, 5.41) is 2.65. The van der Waals surface area contributed by atoms with E-state index in [4.69, 9.17) is 5.73 Å². The first-order valence-corrected chi connectivity index (χ1v) is 6.23. The Morgan fingerprint density at radius 1 is 1.42 bits per heavy atom. The Hall–Kier alpha value is -2.05. The molecule has 1 heterocycles. The summed E-state index contributed by atoms with van der Waals surface area (Å²) in [6.45, 7) is 6.24. The number of rotatable bonds is 5. The van der Waals surface area contributed by atoms with Gasteiger partial charge in [-0.3, -0.25) is 14.2 Å². The van der Waals surface area contributed by atoms with Gasteiger partial charge < -0.3 is 11.1 Å². The van der Waals surface area contributed by atoms with Crippen LogP contribution in [0.25, 0.3) is 0 Å². The van der Waals surface area contributed by atoms with Gasteiger partial charge in [0.1, 0.15) is 12.2 Å². The molecule has 7 heteroatoms. The van der Waals surface area contributed by atoms with E-state index < -0.39 is 11.2 Å². The highest BCUT2D eigenvalue weighted by Crippen LogP contribution is 1.91. The fourth-order valence-corrected chi connectivity index (χ4v) is 1.56. The van der Waals surface area contributed by atoms with Crippen molar-refractivity contribution in [2.75, 3.05) is 12.3 Å². The standard InChI is InChI=1S/C12H20N4O3/c1-4-15-6-9(13)11(18)16(12(15)19)7-10(17)14-5-8(2)3/h6,8H,4-5,7,13H2,1-3H3,(H,14,17). The topological polar surface area (TPSA) is 99.1 Å². The number of carbonyl (C=O) groups excluding carboxylic acids is 1. The first-order valence-electron chi connectivity index (χ1n) is 6.23. The van der Waals surface area contributed by atoms with Crippen LogP contribution in [0.5, 0.6) is 0 Å². The predicted octanol–water partition coefficient (Wildman–Crippen LogP) is -0.616. The highest BCUT2D eigenvalue weighted by molar-refractivity contribution is 5.75. The van der Waals surface area contributed by atoms with Gasteiger partial charge in [0, 0.05) is 19.3 Å². The van der Waals surface area contributed by atoms with Gasteiger partial charge in [-0.05, 0) is 12.8 Å². The average molecular weight is 268 g/mol. The Morgan fingerprint density at radius 2 is 2.05 bits per heavy atom. The van der Waals surface area contributed by atoms with Crippen molar-refractivity contribution in [3.8, 4) is 0 Å². The number of nitrogen functional groups attached to an aromatic ring is 1. The number of carbonyl (C=O) groups is 1. The molecule has 0 aliphatic heterocycles. The van der Waals surface area contributed by atoms with Crippen molar-refractivity contribution in [1.82, 2.24) is 14.5 Å². The van der Waals surface area contributed by atoms with E-state index in [9.17, 15) is 14.4 Å². The second-order valence-electron chi connectivity index (χ2n) is 4.74. The van der Waals surface area contributed by atoms with Crippen LogP contribution in [0.4, 0.5) is 5.69 Å². The zero-order chi connectivity index (χ0) is 14.6. The average Bonchev–Trinajstić information content (AvgIpc) is 2.36.